The molecule has 1 N–H and O–H groups in total. The lowest BCUT2D eigenvalue weighted by Gasteiger charge is -2.32. The van der Waals surface area contributed by atoms with Crippen LogP contribution in [0, 0.1) is 0 Å². The van der Waals surface area contributed by atoms with Crippen LogP contribution in [0.3, 0.4) is 0 Å². The molecule has 0 aliphatic carbocycles. The van der Waals surface area contributed by atoms with E-state index in [0.717, 1.165) is 27.1 Å². The topological polar surface area (TPSA) is 67.9 Å². The zero-order valence-corrected chi connectivity index (χ0v) is 23.2. The van der Waals surface area contributed by atoms with Crippen molar-refractivity contribution in [1.29, 1.82) is 0 Å². The number of nitrogens with zero attached hydrogens (tertiary/aromatic N) is 1. The van der Waals surface area contributed by atoms with E-state index < -0.39 is 6.04 Å². The quantitative estimate of drug-likeness (QED) is 0.266. The molecule has 3 aromatic carbocycles. The molecule has 6 nitrogen and oxygen atoms in total. The van der Waals surface area contributed by atoms with Crippen molar-refractivity contribution in [3.8, 4) is 11.5 Å². The van der Waals surface area contributed by atoms with Gasteiger partial charge in [0.15, 0.2) is 0 Å². The van der Waals surface area contributed by atoms with E-state index in [1.54, 1.807) is 12.0 Å². The van der Waals surface area contributed by atoms with Crippen molar-refractivity contribution in [3.05, 3.63) is 94.5 Å². The smallest absolute Gasteiger partial charge is 0.243 e. The Balaban J connectivity index is 1.75. The molecule has 3 aromatic rings. The number of nitrogens with one attached hydrogen (secondary N) is 1. The molecule has 0 aliphatic heterocycles. The highest BCUT2D eigenvalue weighted by Crippen LogP contribution is 2.20. The van der Waals surface area contributed by atoms with Crippen LogP contribution >= 0.6 is 15.9 Å². The fourth-order valence-electron chi connectivity index (χ4n) is 3.95. The normalized spacial score (nSPS) is 11.6. The van der Waals surface area contributed by atoms with Gasteiger partial charge in [-0.05, 0) is 67.8 Å². The Bertz CT molecular complexity index is 1120. The Kier molecular flexibility index (Phi) is 11.0. The lowest BCUT2D eigenvalue weighted by molar-refractivity contribution is -0.141. The lowest BCUT2D eigenvalue weighted by atomic mass is 10.0. The molecule has 196 valence electrons. The minimum Gasteiger partial charge on any atom is -0.497 e. The number of carbonyl (C=O) groups is 2. The Morgan fingerprint density at radius 3 is 2.16 bits per heavy atom. The third-order valence-corrected chi connectivity index (χ3v) is 6.36. The van der Waals surface area contributed by atoms with Crippen LogP contribution in [-0.2, 0) is 22.6 Å². The molecule has 0 spiro atoms. The van der Waals surface area contributed by atoms with Gasteiger partial charge in [-0.2, -0.15) is 0 Å². The third kappa shape index (κ3) is 9.25. The zero-order chi connectivity index (χ0) is 26.6. The first-order valence-electron chi connectivity index (χ1n) is 12.5. The summed E-state index contributed by atoms with van der Waals surface area (Å²) in [6, 6.07) is 24.3. The van der Waals surface area contributed by atoms with Crippen molar-refractivity contribution in [1.82, 2.24) is 10.2 Å². The predicted octanol–water partition coefficient (Wildman–Crippen LogP) is 5.78. The van der Waals surface area contributed by atoms with Crippen molar-refractivity contribution in [2.45, 2.75) is 51.7 Å². The van der Waals surface area contributed by atoms with Crippen LogP contribution in [0.5, 0.6) is 11.5 Å². The minimum absolute atomic E-state index is 0.0340. The maximum absolute atomic E-state index is 13.6. The lowest BCUT2D eigenvalue weighted by Crippen LogP contribution is -2.51. The first-order chi connectivity index (χ1) is 17.9. The maximum Gasteiger partial charge on any atom is 0.243 e. The second-order valence-corrected chi connectivity index (χ2v) is 10.1. The van der Waals surface area contributed by atoms with Gasteiger partial charge in [0.2, 0.25) is 11.8 Å². The van der Waals surface area contributed by atoms with E-state index in [2.05, 4.69) is 21.2 Å². The van der Waals surface area contributed by atoms with E-state index in [9.17, 15) is 9.59 Å². The standard InChI is InChI=1S/C30H35BrN2O4/c1-22(2)32-30(35)28(20-23-8-5-4-6-9-23)33(21-24-11-13-25(31)14-12-24)29(34)10-7-19-37-27-17-15-26(36-3)16-18-27/h4-6,8-9,11-18,22,28H,7,10,19-21H2,1-3H3,(H,32,35). The van der Waals surface area contributed by atoms with Crippen molar-refractivity contribution >= 4 is 27.7 Å². The summed E-state index contributed by atoms with van der Waals surface area (Å²) in [5.41, 5.74) is 1.96. The number of halogens is 1. The Labute approximate surface area is 228 Å². The van der Waals surface area contributed by atoms with Gasteiger partial charge in [0.1, 0.15) is 17.5 Å². The van der Waals surface area contributed by atoms with E-state index in [0.29, 0.717) is 26.0 Å². The monoisotopic (exact) mass is 566 g/mol. The predicted molar refractivity (Wildman–Crippen MR) is 150 cm³/mol. The highest BCUT2D eigenvalue weighted by Gasteiger charge is 2.30. The molecule has 2 amide bonds. The minimum atomic E-state index is -0.636. The highest BCUT2D eigenvalue weighted by atomic mass is 79.9. The zero-order valence-electron chi connectivity index (χ0n) is 21.7. The van der Waals surface area contributed by atoms with E-state index in [-0.39, 0.29) is 24.3 Å². The third-order valence-electron chi connectivity index (χ3n) is 5.83. The molecular weight excluding hydrogens is 532 g/mol. The summed E-state index contributed by atoms with van der Waals surface area (Å²) in [6.07, 6.45) is 1.24. The number of methoxy groups -OCH3 is 1. The Morgan fingerprint density at radius 1 is 0.892 bits per heavy atom. The number of hydrogen-bond acceptors (Lipinski definition) is 4. The fourth-order valence-corrected chi connectivity index (χ4v) is 4.21. The molecule has 7 heteroatoms. The van der Waals surface area contributed by atoms with Crippen LogP contribution in [0.4, 0.5) is 0 Å². The molecule has 0 heterocycles. The van der Waals surface area contributed by atoms with Crippen LogP contribution in [0.2, 0.25) is 0 Å². The van der Waals surface area contributed by atoms with Crippen LogP contribution in [0.25, 0.3) is 0 Å². The van der Waals surface area contributed by atoms with Crippen LogP contribution in [-0.4, -0.2) is 42.5 Å². The second kappa shape index (κ2) is 14.4. The fraction of sp³-hybridized carbons (Fsp3) is 0.333. The Morgan fingerprint density at radius 2 is 1.54 bits per heavy atom. The van der Waals surface area contributed by atoms with Crippen LogP contribution in [0.1, 0.15) is 37.8 Å². The number of benzene rings is 3. The Hall–Kier alpha value is -3.32. The SMILES string of the molecule is COc1ccc(OCCCC(=O)N(Cc2ccc(Br)cc2)C(Cc2ccccc2)C(=O)NC(C)C)cc1. The van der Waals surface area contributed by atoms with E-state index in [1.807, 2.05) is 92.7 Å². The molecule has 37 heavy (non-hydrogen) atoms. The van der Waals surface area contributed by atoms with Crippen LogP contribution < -0.4 is 14.8 Å². The molecule has 1 unspecified atom stereocenters. The summed E-state index contributed by atoms with van der Waals surface area (Å²) >= 11 is 3.47. The summed E-state index contributed by atoms with van der Waals surface area (Å²) in [6.45, 7) is 4.59. The number of carbonyl (C=O) groups excluding carboxylic acids is 2. The number of ether oxygens (including phenoxy) is 2. The molecule has 0 saturated carbocycles. The van der Waals surface area contributed by atoms with Gasteiger partial charge in [0.25, 0.3) is 0 Å². The molecule has 0 saturated heterocycles. The largest absolute Gasteiger partial charge is 0.497 e. The first kappa shape index (κ1) is 28.3. The number of amides is 2. The molecule has 1 atom stereocenters. The molecule has 0 bridgehead atoms. The van der Waals surface area contributed by atoms with Crippen molar-refractivity contribution in [2.24, 2.45) is 0 Å². The van der Waals surface area contributed by atoms with Gasteiger partial charge in [-0.3, -0.25) is 9.59 Å². The summed E-state index contributed by atoms with van der Waals surface area (Å²) in [7, 11) is 1.62. The second-order valence-electron chi connectivity index (χ2n) is 9.14. The summed E-state index contributed by atoms with van der Waals surface area (Å²) in [4.78, 5) is 28.7. The van der Waals surface area contributed by atoms with Gasteiger partial charge in [-0.25, -0.2) is 0 Å². The van der Waals surface area contributed by atoms with Crippen LogP contribution in [0.15, 0.2) is 83.3 Å². The van der Waals surface area contributed by atoms with Gasteiger partial charge in [-0.15, -0.1) is 0 Å². The van der Waals surface area contributed by atoms with Gasteiger partial charge in [0.05, 0.1) is 13.7 Å². The van der Waals surface area contributed by atoms with Gasteiger partial charge < -0.3 is 19.7 Å². The van der Waals surface area contributed by atoms with E-state index in [4.69, 9.17) is 9.47 Å². The van der Waals surface area contributed by atoms with Gasteiger partial charge in [0, 0.05) is 29.9 Å². The maximum atomic E-state index is 13.6. The van der Waals surface area contributed by atoms with Crippen molar-refractivity contribution in [3.63, 3.8) is 0 Å². The molecule has 0 radical (unpaired) electrons. The van der Waals surface area contributed by atoms with Crippen molar-refractivity contribution < 1.29 is 19.1 Å². The molecule has 0 aliphatic rings. The number of hydrogen-bond donors (Lipinski definition) is 1. The van der Waals surface area contributed by atoms with Gasteiger partial charge >= 0.3 is 0 Å². The average molecular weight is 568 g/mol. The van der Waals surface area contributed by atoms with Crippen molar-refractivity contribution in [2.75, 3.05) is 13.7 Å². The average Bonchev–Trinajstić information content (AvgIpc) is 2.90. The van der Waals surface area contributed by atoms with Gasteiger partial charge in [-0.1, -0.05) is 58.4 Å². The number of rotatable bonds is 13. The molecule has 3 rings (SSSR count). The summed E-state index contributed by atoms with van der Waals surface area (Å²) in [5, 5.41) is 3.02. The summed E-state index contributed by atoms with van der Waals surface area (Å²) in [5.74, 6) is 1.24. The molecule has 0 fully saturated rings. The highest BCUT2D eigenvalue weighted by molar-refractivity contribution is 9.10. The van der Waals surface area contributed by atoms with E-state index >= 15 is 0 Å². The summed E-state index contributed by atoms with van der Waals surface area (Å²) < 4.78 is 11.9. The molecular formula is C30H35BrN2O4. The molecule has 0 aromatic heterocycles. The first-order valence-corrected chi connectivity index (χ1v) is 13.3. The van der Waals surface area contributed by atoms with E-state index in [1.165, 1.54) is 0 Å².